The highest BCUT2D eigenvalue weighted by atomic mass is 19.4. The number of benzene rings is 2. The van der Waals surface area contributed by atoms with Crippen molar-refractivity contribution in [3.8, 4) is 11.1 Å². The van der Waals surface area contributed by atoms with E-state index in [1.807, 2.05) is 48.5 Å². The Morgan fingerprint density at radius 2 is 1.54 bits per heavy atom. The third-order valence-corrected chi connectivity index (χ3v) is 4.85. The van der Waals surface area contributed by atoms with Gasteiger partial charge in [-0.3, -0.25) is 4.79 Å². The molecule has 0 saturated heterocycles. The molecule has 8 heteroatoms. The van der Waals surface area contributed by atoms with Crippen molar-refractivity contribution in [2.75, 3.05) is 6.61 Å². The zero-order chi connectivity index (χ0) is 20.5. The summed E-state index contributed by atoms with van der Waals surface area (Å²) in [6.45, 7) is 0.448. The summed E-state index contributed by atoms with van der Waals surface area (Å²) in [6, 6.07) is 15.1. The smallest absolute Gasteiger partial charge is 0.411 e. The summed E-state index contributed by atoms with van der Waals surface area (Å²) < 4.78 is 44.7. The number of rotatable bonds is 5. The molecule has 3 rings (SSSR count). The molecule has 28 heavy (non-hydrogen) atoms. The van der Waals surface area contributed by atoms with Crippen LogP contribution in [0.25, 0.3) is 11.1 Å². The Labute approximate surface area is 159 Å². The van der Waals surface area contributed by atoms with Crippen molar-refractivity contribution in [2.45, 2.75) is 31.0 Å². The second kappa shape index (κ2) is 7.18. The van der Waals surface area contributed by atoms with Crippen LogP contribution in [0.5, 0.6) is 0 Å². The minimum atomic E-state index is -4.95. The molecule has 1 aliphatic rings. The predicted molar refractivity (Wildman–Crippen MR) is 94.9 cm³/mol. The highest BCUT2D eigenvalue weighted by molar-refractivity contribution is 5.79. The van der Waals surface area contributed by atoms with Crippen molar-refractivity contribution in [1.82, 2.24) is 5.32 Å². The Balaban J connectivity index is 1.75. The number of halogens is 3. The molecule has 0 radical (unpaired) electrons. The molecule has 0 bridgehead atoms. The highest BCUT2D eigenvalue weighted by Gasteiger charge is 2.54. The number of carbonyl (C=O) groups excluding carboxylic acids is 1. The quantitative estimate of drug-likeness (QED) is 0.793. The van der Waals surface area contributed by atoms with Gasteiger partial charge in [0.25, 0.3) is 0 Å². The first-order valence-electron chi connectivity index (χ1n) is 8.54. The number of fused-ring (bicyclic) bond motifs is 3. The van der Waals surface area contributed by atoms with E-state index in [0.29, 0.717) is 6.92 Å². The number of aliphatic carboxylic acids is 1. The lowest BCUT2D eigenvalue weighted by Crippen LogP contribution is -2.57. The summed E-state index contributed by atoms with van der Waals surface area (Å²) in [4.78, 5) is 22.8. The Bertz CT molecular complexity index is 867. The van der Waals surface area contributed by atoms with Crippen LogP contribution in [0, 0.1) is 0 Å². The van der Waals surface area contributed by atoms with Crippen molar-refractivity contribution in [3.63, 3.8) is 0 Å². The van der Waals surface area contributed by atoms with E-state index < -0.39 is 30.2 Å². The Hall–Kier alpha value is -3.03. The van der Waals surface area contributed by atoms with E-state index in [1.165, 1.54) is 0 Å². The van der Waals surface area contributed by atoms with Gasteiger partial charge in [0.1, 0.15) is 12.1 Å². The van der Waals surface area contributed by atoms with Crippen molar-refractivity contribution in [1.29, 1.82) is 0 Å². The number of hydrogen-bond acceptors (Lipinski definition) is 3. The molecule has 5 nitrogen and oxygen atoms in total. The van der Waals surface area contributed by atoms with Crippen LogP contribution in [-0.4, -0.2) is 35.5 Å². The average Bonchev–Trinajstić information content (AvgIpc) is 2.92. The lowest BCUT2D eigenvalue weighted by molar-refractivity contribution is -0.195. The van der Waals surface area contributed by atoms with Crippen LogP contribution in [0.4, 0.5) is 18.0 Å². The number of carbonyl (C=O) groups is 2. The first-order chi connectivity index (χ1) is 13.1. The van der Waals surface area contributed by atoms with Gasteiger partial charge >= 0.3 is 18.2 Å². The van der Waals surface area contributed by atoms with E-state index in [4.69, 9.17) is 9.84 Å². The molecule has 2 aromatic rings. The molecule has 2 aromatic carbocycles. The molecule has 1 unspecified atom stereocenters. The van der Waals surface area contributed by atoms with Crippen molar-refractivity contribution < 1.29 is 32.6 Å². The van der Waals surface area contributed by atoms with E-state index in [2.05, 4.69) is 0 Å². The SMILES string of the molecule is CC(CC(=O)O)(NC(=O)OCC1c2ccccc2-c2ccccc21)C(F)(F)F. The van der Waals surface area contributed by atoms with E-state index in [9.17, 15) is 22.8 Å². The number of alkyl halides is 3. The first kappa shape index (κ1) is 19.7. The van der Waals surface area contributed by atoms with Crippen LogP contribution in [0.2, 0.25) is 0 Å². The molecule has 0 saturated carbocycles. The van der Waals surface area contributed by atoms with Gasteiger partial charge in [0, 0.05) is 5.92 Å². The topological polar surface area (TPSA) is 75.6 Å². The van der Waals surface area contributed by atoms with Crippen LogP contribution in [0.3, 0.4) is 0 Å². The number of alkyl carbamates (subject to hydrolysis) is 1. The lowest BCUT2D eigenvalue weighted by Gasteiger charge is -2.31. The molecule has 0 aromatic heterocycles. The standard InChI is InChI=1S/C20H18F3NO4/c1-19(10-17(25)26,20(21,22)23)24-18(27)28-11-16-14-8-4-2-6-12(14)13-7-3-5-9-15(13)16/h2-9,16H,10-11H2,1H3,(H,24,27)(H,25,26). The molecule has 1 aliphatic carbocycles. The maximum absolute atomic E-state index is 13.2. The van der Waals surface area contributed by atoms with Crippen LogP contribution in [-0.2, 0) is 9.53 Å². The number of amides is 1. The molecular weight excluding hydrogens is 375 g/mol. The monoisotopic (exact) mass is 393 g/mol. The predicted octanol–water partition coefficient (Wildman–Crippen LogP) is 4.32. The van der Waals surface area contributed by atoms with Gasteiger partial charge in [-0.15, -0.1) is 0 Å². The Kier molecular flexibility index (Phi) is 5.06. The zero-order valence-electron chi connectivity index (χ0n) is 14.9. The normalized spacial score (nSPS) is 15.3. The second-order valence-corrected chi connectivity index (χ2v) is 6.85. The molecule has 148 valence electrons. The highest BCUT2D eigenvalue weighted by Crippen LogP contribution is 2.44. The molecular formula is C20H18F3NO4. The molecule has 0 spiro atoms. The summed E-state index contributed by atoms with van der Waals surface area (Å²) in [5.41, 5.74) is 0.874. The molecule has 1 amide bonds. The van der Waals surface area contributed by atoms with Gasteiger partial charge in [-0.1, -0.05) is 48.5 Å². The molecule has 2 N–H and O–H groups in total. The minimum Gasteiger partial charge on any atom is -0.481 e. The summed E-state index contributed by atoms with van der Waals surface area (Å²) in [5, 5.41) is 10.4. The first-order valence-corrected chi connectivity index (χ1v) is 8.54. The number of hydrogen-bond donors (Lipinski definition) is 2. The fourth-order valence-electron chi connectivity index (χ4n) is 3.38. The molecule has 0 aliphatic heterocycles. The maximum Gasteiger partial charge on any atom is 0.411 e. The fourth-order valence-corrected chi connectivity index (χ4v) is 3.38. The van der Waals surface area contributed by atoms with E-state index in [-0.39, 0.29) is 12.5 Å². The summed E-state index contributed by atoms with van der Waals surface area (Å²) in [7, 11) is 0. The Morgan fingerprint density at radius 3 is 2.00 bits per heavy atom. The van der Waals surface area contributed by atoms with Crippen LogP contribution in [0.1, 0.15) is 30.4 Å². The van der Waals surface area contributed by atoms with Gasteiger partial charge in [0.2, 0.25) is 0 Å². The van der Waals surface area contributed by atoms with Gasteiger partial charge in [0.15, 0.2) is 0 Å². The molecule has 0 heterocycles. The van der Waals surface area contributed by atoms with Crippen LogP contribution in [0.15, 0.2) is 48.5 Å². The van der Waals surface area contributed by atoms with E-state index in [1.54, 1.807) is 5.32 Å². The number of carboxylic acid groups (broad SMARTS) is 1. The van der Waals surface area contributed by atoms with Gasteiger partial charge in [-0.05, 0) is 29.2 Å². The summed E-state index contributed by atoms with van der Waals surface area (Å²) in [6.07, 6.45) is -7.57. The molecule has 0 fully saturated rings. The molecule has 1 atom stereocenters. The van der Waals surface area contributed by atoms with Crippen LogP contribution >= 0.6 is 0 Å². The van der Waals surface area contributed by atoms with Gasteiger partial charge in [-0.25, -0.2) is 4.79 Å². The average molecular weight is 393 g/mol. The third-order valence-electron chi connectivity index (χ3n) is 4.85. The van der Waals surface area contributed by atoms with Crippen molar-refractivity contribution in [3.05, 3.63) is 59.7 Å². The minimum absolute atomic E-state index is 0.166. The summed E-state index contributed by atoms with van der Waals surface area (Å²) in [5.74, 6) is -1.99. The lowest BCUT2D eigenvalue weighted by atomic mass is 9.97. The summed E-state index contributed by atoms with van der Waals surface area (Å²) >= 11 is 0. The number of ether oxygens (including phenoxy) is 1. The van der Waals surface area contributed by atoms with Gasteiger partial charge in [0.05, 0.1) is 6.42 Å². The van der Waals surface area contributed by atoms with E-state index in [0.717, 1.165) is 22.3 Å². The fraction of sp³-hybridized carbons (Fsp3) is 0.300. The van der Waals surface area contributed by atoms with Crippen molar-refractivity contribution >= 4 is 12.1 Å². The zero-order valence-corrected chi connectivity index (χ0v) is 14.9. The largest absolute Gasteiger partial charge is 0.481 e. The maximum atomic E-state index is 13.2. The van der Waals surface area contributed by atoms with Crippen LogP contribution < -0.4 is 5.32 Å². The second-order valence-electron chi connectivity index (χ2n) is 6.85. The van der Waals surface area contributed by atoms with E-state index >= 15 is 0 Å². The van der Waals surface area contributed by atoms with Gasteiger partial charge in [-0.2, -0.15) is 13.2 Å². The van der Waals surface area contributed by atoms with Crippen molar-refractivity contribution in [2.24, 2.45) is 0 Å². The number of nitrogens with one attached hydrogen (secondary N) is 1. The Morgan fingerprint density at radius 1 is 1.04 bits per heavy atom. The third kappa shape index (κ3) is 3.67. The number of carboxylic acids is 1. The van der Waals surface area contributed by atoms with Gasteiger partial charge < -0.3 is 15.2 Å².